The monoisotopic (exact) mass is 449 g/mol. The zero-order chi connectivity index (χ0) is 22.9. The zero-order valence-corrected chi connectivity index (χ0v) is 18.8. The van der Waals surface area contributed by atoms with Gasteiger partial charge in [0, 0.05) is 40.2 Å². The lowest BCUT2D eigenvalue weighted by Gasteiger charge is -2.15. The highest BCUT2D eigenvalue weighted by molar-refractivity contribution is 7.92. The molecule has 0 radical (unpaired) electrons. The fraction of sp³-hybridized carbons (Fsp3) is 0.167. The van der Waals surface area contributed by atoms with Crippen molar-refractivity contribution in [3.05, 3.63) is 76.8 Å². The van der Waals surface area contributed by atoms with Gasteiger partial charge in [-0.25, -0.2) is 8.42 Å². The number of aromatic nitrogens is 2. The molecular formula is C24H23N3O4S. The van der Waals surface area contributed by atoms with Gasteiger partial charge in [0.1, 0.15) is 5.75 Å². The van der Waals surface area contributed by atoms with Crippen LogP contribution in [-0.4, -0.2) is 31.8 Å². The summed E-state index contributed by atoms with van der Waals surface area (Å²) in [6.07, 6.45) is 5.19. The number of H-pyrrole nitrogens is 1. The van der Waals surface area contributed by atoms with Crippen molar-refractivity contribution in [3.8, 4) is 28.0 Å². The van der Waals surface area contributed by atoms with Gasteiger partial charge in [-0.1, -0.05) is 19.1 Å². The summed E-state index contributed by atoms with van der Waals surface area (Å²) < 4.78 is 31.1. The fourth-order valence-corrected chi connectivity index (χ4v) is 4.34. The average Bonchev–Trinajstić information content (AvgIpc) is 2.77. The maximum Gasteiger partial charge on any atom is 0.255 e. The maximum absolute atomic E-state index is 12.5. The summed E-state index contributed by atoms with van der Waals surface area (Å²) in [4.78, 5) is 19.9. The summed E-state index contributed by atoms with van der Waals surface area (Å²) in [5.41, 5.74) is 4.98. The summed E-state index contributed by atoms with van der Waals surface area (Å²) in [5, 5.41) is 0.806. The van der Waals surface area contributed by atoms with E-state index in [-0.39, 0.29) is 5.56 Å². The number of nitrogens with zero attached hydrogens (tertiary/aromatic N) is 1. The first-order valence-corrected chi connectivity index (χ1v) is 12.0. The second kappa shape index (κ2) is 8.47. The number of hydrogen-bond acceptors (Lipinski definition) is 5. The number of fused-ring (bicyclic) bond motifs is 1. The van der Waals surface area contributed by atoms with E-state index in [1.54, 1.807) is 43.8 Å². The van der Waals surface area contributed by atoms with Crippen LogP contribution in [0.5, 0.6) is 5.75 Å². The normalized spacial score (nSPS) is 11.5. The number of aryl methyl sites for hydroxylation is 1. The van der Waals surface area contributed by atoms with Crippen LogP contribution in [0, 0.1) is 0 Å². The second-order valence-electron chi connectivity index (χ2n) is 7.45. The molecule has 0 aliphatic rings. The molecule has 4 aromatic rings. The molecule has 7 nitrogen and oxygen atoms in total. The Morgan fingerprint density at radius 1 is 1.06 bits per heavy atom. The lowest BCUT2D eigenvalue weighted by molar-refractivity contribution is 0.415. The van der Waals surface area contributed by atoms with Crippen molar-refractivity contribution in [1.82, 2.24) is 9.97 Å². The molecule has 0 saturated carbocycles. The third-order valence-electron chi connectivity index (χ3n) is 5.21. The van der Waals surface area contributed by atoms with Crippen molar-refractivity contribution in [3.63, 3.8) is 0 Å². The Labute approximate surface area is 186 Å². The van der Waals surface area contributed by atoms with Crippen LogP contribution in [0.4, 0.5) is 5.69 Å². The fourth-order valence-electron chi connectivity index (χ4n) is 3.78. The van der Waals surface area contributed by atoms with Gasteiger partial charge >= 0.3 is 0 Å². The van der Waals surface area contributed by atoms with E-state index >= 15 is 0 Å². The van der Waals surface area contributed by atoms with Crippen LogP contribution in [0.3, 0.4) is 0 Å². The zero-order valence-electron chi connectivity index (χ0n) is 18.0. The second-order valence-corrected chi connectivity index (χ2v) is 9.20. The van der Waals surface area contributed by atoms with Crippen LogP contribution in [0.25, 0.3) is 33.2 Å². The summed E-state index contributed by atoms with van der Waals surface area (Å²) in [6, 6.07) is 14.6. The molecule has 0 bridgehead atoms. The van der Waals surface area contributed by atoms with Gasteiger partial charge in [-0.05, 0) is 53.9 Å². The summed E-state index contributed by atoms with van der Waals surface area (Å²) in [7, 11) is -1.72. The number of nitrogens with one attached hydrogen (secondary N) is 2. The molecule has 0 aliphatic carbocycles. The van der Waals surface area contributed by atoms with Crippen molar-refractivity contribution in [2.45, 2.75) is 13.3 Å². The van der Waals surface area contributed by atoms with E-state index in [0.717, 1.165) is 46.1 Å². The molecule has 164 valence electrons. The molecule has 0 saturated heterocycles. The molecule has 0 fully saturated rings. The molecule has 2 N–H and O–H groups in total. The van der Waals surface area contributed by atoms with Crippen molar-refractivity contribution >= 4 is 26.6 Å². The molecule has 32 heavy (non-hydrogen) atoms. The number of methoxy groups -OCH3 is 1. The average molecular weight is 450 g/mol. The van der Waals surface area contributed by atoms with Gasteiger partial charge in [-0.3, -0.25) is 14.5 Å². The predicted molar refractivity (Wildman–Crippen MR) is 128 cm³/mol. The number of anilines is 1. The van der Waals surface area contributed by atoms with Gasteiger partial charge in [-0.2, -0.15) is 0 Å². The number of pyridine rings is 2. The van der Waals surface area contributed by atoms with Crippen LogP contribution in [0.1, 0.15) is 12.5 Å². The van der Waals surface area contributed by atoms with Crippen LogP contribution in [-0.2, 0) is 16.4 Å². The van der Waals surface area contributed by atoms with Crippen LogP contribution in [0.15, 0.2) is 65.7 Å². The van der Waals surface area contributed by atoms with Crippen molar-refractivity contribution in [2.75, 3.05) is 18.1 Å². The van der Waals surface area contributed by atoms with E-state index < -0.39 is 10.0 Å². The molecule has 2 heterocycles. The predicted octanol–water partition coefficient (Wildman–Crippen LogP) is 4.20. The molecule has 2 aromatic heterocycles. The molecule has 0 amide bonds. The van der Waals surface area contributed by atoms with E-state index in [0.29, 0.717) is 16.8 Å². The highest BCUT2D eigenvalue weighted by Crippen LogP contribution is 2.38. The number of hydrogen-bond donors (Lipinski definition) is 2. The van der Waals surface area contributed by atoms with Gasteiger partial charge in [0.25, 0.3) is 5.56 Å². The Hall–Kier alpha value is -3.65. The van der Waals surface area contributed by atoms with Gasteiger partial charge in [0.05, 0.1) is 18.9 Å². The quantitative estimate of drug-likeness (QED) is 0.459. The molecule has 0 aliphatic heterocycles. The largest absolute Gasteiger partial charge is 0.496 e. The molecule has 0 unspecified atom stereocenters. The molecule has 8 heteroatoms. The minimum atomic E-state index is -3.34. The van der Waals surface area contributed by atoms with E-state index in [1.807, 2.05) is 31.2 Å². The first-order chi connectivity index (χ1) is 15.3. The summed E-state index contributed by atoms with van der Waals surface area (Å²) in [5.74, 6) is 0.725. The Bertz CT molecular complexity index is 1460. The highest BCUT2D eigenvalue weighted by Gasteiger charge is 2.17. The molecule has 4 rings (SSSR count). The number of sulfonamides is 1. The number of rotatable bonds is 6. The topological polar surface area (TPSA) is 101 Å². The SMILES string of the molecule is CCc1cc(-c2ccc[nH]c2=O)c2ncc(-c3ccc(NS(C)(=O)=O)cc3)cc2c1OC. The van der Waals surface area contributed by atoms with Crippen molar-refractivity contribution in [2.24, 2.45) is 0 Å². The molecule has 0 atom stereocenters. The Morgan fingerprint density at radius 3 is 2.44 bits per heavy atom. The smallest absolute Gasteiger partial charge is 0.255 e. The van der Waals surface area contributed by atoms with Crippen molar-refractivity contribution in [1.29, 1.82) is 0 Å². The lowest BCUT2D eigenvalue weighted by Crippen LogP contribution is -2.09. The highest BCUT2D eigenvalue weighted by atomic mass is 32.2. The van der Waals surface area contributed by atoms with Gasteiger partial charge in [-0.15, -0.1) is 0 Å². The molecule has 0 spiro atoms. The van der Waals surface area contributed by atoms with Gasteiger partial charge in [0.2, 0.25) is 10.0 Å². The van der Waals surface area contributed by atoms with E-state index in [1.165, 1.54) is 0 Å². The van der Waals surface area contributed by atoms with E-state index in [9.17, 15) is 13.2 Å². The Morgan fingerprint density at radius 2 is 1.81 bits per heavy atom. The van der Waals surface area contributed by atoms with Gasteiger partial charge < -0.3 is 9.72 Å². The van der Waals surface area contributed by atoms with Crippen molar-refractivity contribution < 1.29 is 13.2 Å². The minimum Gasteiger partial charge on any atom is -0.496 e. The van der Waals surface area contributed by atoms with Crippen LogP contribution >= 0.6 is 0 Å². The van der Waals surface area contributed by atoms with Crippen LogP contribution < -0.4 is 15.0 Å². The van der Waals surface area contributed by atoms with E-state index in [4.69, 9.17) is 9.72 Å². The summed E-state index contributed by atoms with van der Waals surface area (Å²) >= 11 is 0. The Kier molecular flexibility index (Phi) is 5.71. The molecule has 2 aromatic carbocycles. The maximum atomic E-state index is 12.5. The minimum absolute atomic E-state index is 0.180. The number of benzene rings is 2. The number of aromatic amines is 1. The number of ether oxygens (including phenoxy) is 1. The summed E-state index contributed by atoms with van der Waals surface area (Å²) in [6.45, 7) is 2.04. The third kappa shape index (κ3) is 4.22. The lowest BCUT2D eigenvalue weighted by atomic mass is 9.95. The first-order valence-electron chi connectivity index (χ1n) is 10.1. The molecular weight excluding hydrogens is 426 g/mol. The Balaban J connectivity index is 1.90. The first kappa shape index (κ1) is 21.6. The van der Waals surface area contributed by atoms with E-state index in [2.05, 4.69) is 9.71 Å². The van der Waals surface area contributed by atoms with Gasteiger partial charge in [0.15, 0.2) is 0 Å². The standard InChI is InChI=1S/C24H23N3O4S/c1-4-15-12-20(19-6-5-11-25-24(19)28)22-21(23(15)31-2)13-17(14-26-22)16-7-9-18(10-8-16)27-32(3,29)30/h5-14,27H,4H2,1-3H3,(H,25,28). The van der Waals surface area contributed by atoms with Crippen LogP contribution in [0.2, 0.25) is 0 Å². The third-order valence-corrected chi connectivity index (χ3v) is 5.82.